The SMILES string of the molecule is COCCOCCCSc1c(N)cccc1Cl. The van der Waals surface area contributed by atoms with Gasteiger partial charge in [0.1, 0.15) is 0 Å². The van der Waals surface area contributed by atoms with E-state index < -0.39 is 0 Å². The van der Waals surface area contributed by atoms with Crippen molar-refractivity contribution >= 4 is 29.1 Å². The van der Waals surface area contributed by atoms with Crippen molar-refractivity contribution in [2.75, 3.05) is 38.4 Å². The van der Waals surface area contributed by atoms with Crippen LogP contribution >= 0.6 is 23.4 Å². The number of anilines is 1. The lowest BCUT2D eigenvalue weighted by atomic mass is 10.3. The van der Waals surface area contributed by atoms with Gasteiger partial charge < -0.3 is 15.2 Å². The smallest absolute Gasteiger partial charge is 0.0700 e. The molecule has 0 atom stereocenters. The van der Waals surface area contributed by atoms with Gasteiger partial charge in [0.25, 0.3) is 0 Å². The summed E-state index contributed by atoms with van der Waals surface area (Å²) in [4.78, 5) is 0.964. The molecule has 0 saturated carbocycles. The summed E-state index contributed by atoms with van der Waals surface area (Å²) >= 11 is 7.73. The second kappa shape index (κ2) is 8.64. The Hall–Kier alpha value is -0.420. The molecule has 3 nitrogen and oxygen atoms in total. The number of hydrogen-bond acceptors (Lipinski definition) is 4. The molecule has 0 heterocycles. The van der Waals surface area contributed by atoms with Gasteiger partial charge in [0.15, 0.2) is 0 Å². The molecule has 2 N–H and O–H groups in total. The van der Waals surface area contributed by atoms with E-state index in [1.54, 1.807) is 18.9 Å². The van der Waals surface area contributed by atoms with Crippen molar-refractivity contribution < 1.29 is 9.47 Å². The molecule has 17 heavy (non-hydrogen) atoms. The Labute approximate surface area is 112 Å². The van der Waals surface area contributed by atoms with Crippen LogP contribution in [-0.2, 0) is 9.47 Å². The highest BCUT2D eigenvalue weighted by Gasteiger charge is 2.04. The average molecular weight is 276 g/mol. The molecular weight excluding hydrogens is 258 g/mol. The van der Waals surface area contributed by atoms with Crippen molar-refractivity contribution in [1.29, 1.82) is 0 Å². The maximum absolute atomic E-state index is 6.06. The van der Waals surface area contributed by atoms with E-state index in [0.717, 1.165) is 34.4 Å². The Morgan fingerprint density at radius 1 is 1.29 bits per heavy atom. The number of rotatable bonds is 8. The van der Waals surface area contributed by atoms with E-state index in [-0.39, 0.29) is 0 Å². The average Bonchev–Trinajstić information content (AvgIpc) is 2.31. The minimum absolute atomic E-state index is 0.643. The second-order valence-corrected chi connectivity index (χ2v) is 4.98. The molecule has 1 aromatic rings. The van der Waals surface area contributed by atoms with Gasteiger partial charge in [-0.05, 0) is 18.6 Å². The maximum atomic E-state index is 6.06. The van der Waals surface area contributed by atoms with Gasteiger partial charge in [-0.1, -0.05) is 17.7 Å². The first kappa shape index (κ1) is 14.6. The quantitative estimate of drug-likeness (QED) is 0.450. The summed E-state index contributed by atoms with van der Waals surface area (Å²) in [6.45, 7) is 2.03. The fraction of sp³-hybridized carbons (Fsp3) is 0.500. The number of nitrogen functional groups attached to an aromatic ring is 1. The number of ether oxygens (including phenoxy) is 2. The van der Waals surface area contributed by atoms with Crippen molar-refractivity contribution in [3.8, 4) is 0 Å². The number of methoxy groups -OCH3 is 1. The Morgan fingerprint density at radius 2 is 2.12 bits per heavy atom. The third kappa shape index (κ3) is 5.64. The first-order chi connectivity index (χ1) is 8.25. The topological polar surface area (TPSA) is 44.5 Å². The Balaban J connectivity index is 2.18. The molecule has 1 rings (SSSR count). The molecule has 0 radical (unpaired) electrons. The molecular formula is C12H18ClNO2S. The molecule has 0 saturated heterocycles. The molecule has 0 aliphatic carbocycles. The van der Waals surface area contributed by atoms with E-state index in [9.17, 15) is 0 Å². The largest absolute Gasteiger partial charge is 0.398 e. The molecule has 0 amide bonds. The van der Waals surface area contributed by atoms with Gasteiger partial charge in [-0.15, -0.1) is 11.8 Å². The van der Waals surface area contributed by atoms with Gasteiger partial charge in [-0.25, -0.2) is 0 Å². The van der Waals surface area contributed by atoms with Crippen molar-refractivity contribution in [1.82, 2.24) is 0 Å². The van der Waals surface area contributed by atoms with Gasteiger partial charge in [-0.3, -0.25) is 0 Å². The van der Waals surface area contributed by atoms with E-state index >= 15 is 0 Å². The summed E-state index contributed by atoms with van der Waals surface area (Å²) in [7, 11) is 1.67. The Bertz CT molecular complexity index is 316. The van der Waals surface area contributed by atoms with Crippen molar-refractivity contribution in [2.45, 2.75) is 11.3 Å². The summed E-state index contributed by atoms with van der Waals surface area (Å²) in [5.74, 6) is 0.945. The van der Waals surface area contributed by atoms with Crippen LogP contribution in [0, 0.1) is 0 Å². The normalized spacial score (nSPS) is 10.7. The third-order valence-corrected chi connectivity index (χ3v) is 3.77. The highest BCUT2D eigenvalue weighted by atomic mass is 35.5. The van der Waals surface area contributed by atoms with Crippen LogP contribution in [-0.4, -0.2) is 32.7 Å². The summed E-state index contributed by atoms with van der Waals surface area (Å²) in [6.07, 6.45) is 0.971. The molecule has 0 aliphatic heterocycles. The zero-order valence-corrected chi connectivity index (χ0v) is 11.5. The maximum Gasteiger partial charge on any atom is 0.0700 e. The van der Waals surface area contributed by atoms with Crippen molar-refractivity contribution in [3.63, 3.8) is 0 Å². The van der Waals surface area contributed by atoms with Gasteiger partial charge in [0, 0.05) is 30.1 Å². The van der Waals surface area contributed by atoms with Crippen LogP contribution in [0.3, 0.4) is 0 Å². The highest BCUT2D eigenvalue weighted by Crippen LogP contribution is 2.32. The molecule has 0 aliphatic rings. The first-order valence-electron chi connectivity index (χ1n) is 5.49. The summed E-state index contributed by atoms with van der Waals surface area (Å²) in [5.41, 5.74) is 6.59. The van der Waals surface area contributed by atoms with E-state index in [0.29, 0.717) is 13.2 Å². The summed E-state index contributed by atoms with van der Waals surface area (Å²) in [6, 6.07) is 5.58. The fourth-order valence-electron chi connectivity index (χ4n) is 1.26. The minimum Gasteiger partial charge on any atom is -0.398 e. The van der Waals surface area contributed by atoms with Crippen molar-refractivity contribution in [2.24, 2.45) is 0 Å². The number of benzene rings is 1. The fourth-order valence-corrected chi connectivity index (χ4v) is 2.51. The zero-order valence-electron chi connectivity index (χ0n) is 9.95. The molecule has 1 aromatic carbocycles. The summed E-state index contributed by atoms with van der Waals surface area (Å²) < 4.78 is 10.3. The molecule has 0 fully saturated rings. The van der Waals surface area contributed by atoms with Crippen LogP contribution in [0.2, 0.25) is 5.02 Å². The van der Waals surface area contributed by atoms with E-state index in [1.165, 1.54) is 0 Å². The number of halogens is 1. The number of hydrogen-bond donors (Lipinski definition) is 1. The lowest BCUT2D eigenvalue weighted by Gasteiger charge is -2.07. The van der Waals surface area contributed by atoms with Crippen LogP contribution in [0.25, 0.3) is 0 Å². The standard InChI is InChI=1S/C12H18ClNO2S/c1-15-7-8-16-6-3-9-17-12-10(13)4-2-5-11(12)14/h2,4-5H,3,6-9,14H2,1H3. The molecule has 96 valence electrons. The molecule has 0 unspecified atom stereocenters. The van der Waals surface area contributed by atoms with Gasteiger partial charge >= 0.3 is 0 Å². The minimum atomic E-state index is 0.643. The summed E-state index contributed by atoms with van der Waals surface area (Å²) in [5, 5.41) is 0.718. The molecule has 0 bridgehead atoms. The van der Waals surface area contributed by atoms with Gasteiger partial charge in [0.05, 0.1) is 18.2 Å². The molecule has 0 aromatic heterocycles. The van der Waals surface area contributed by atoms with Crippen LogP contribution in [0.5, 0.6) is 0 Å². The predicted octanol–water partition coefficient (Wildman–Crippen LogP) is 3.07. The van der Waals surface area contributed by atoms with Crippen LogP contribution in [0.15, 0.2) is 23.1 Å². The van der Waals surface area contributed by atoms with Crippen LogP contribution in [0.1, 0.15) is 6.42 Å². The van der Waals surface area contributed by atoms with Gasteiger partial charge in [0.2, 0.25) is 0 Å². The lowest BCUT2D eigenvalue weighted by molar-refractivity contribution is 0.0713. The second-order valence-electron chi connectivity index (χ2n) is 3.47. The van der Waals surface area contributed by atoms with Crippen LogP contribution in [0.4, 0.5) is 5.69 Å². The Morgan fingerprint density at radius 3 is 2.82 bits per heavy atom. The van der Waals surface area contributed by atoms with Crippen molar-refractivity contribution in [3.05, 3.63) is 23.2 Å². The highest BCUT2D eigenvalue weighted by molar-refractivity contribution is 7.99. The van der Waals surface area contributed by atoms with E-state index in [2.05, 4.69) is 0 Å². The van der Waals surface area contributed by atoms with E-state index in [1.807, 2.05) is 18.2 Å². The van der Waals surface area contributed by atoms with Gasteiger partial charge in [-0.2, -0.15) is 0 Å². The number of thioether (sulfide) groups is 1. The molecule has 5 heteroatoms. The number of nitrogens with two attached hydrogens (primary N) is 1. The monoisotopic (exact) mass is 275 g/mol. The predicted molar refractivity (Wildman–Crippen MR) is 73.9 cm³/mol. The van der Waals surface area contributed by atoms with E-state index in [4.69, 9.17) is 26.8 Å². The molecule has 0 spiro atoms. The lowest BCUT2D eigenvalue weighted by Crippen LogP contribution is -2.03. The Kier molecular flexibility index (Phi) is 7.44. The third-order valence-electron chi connectivity index (χ3n) is 2.11. The first-order valence-corrected chi connectivity index (χ1v) is 6.85. The zero-order chi connectivity index (χ0) is 12.5. The van der Waals surface area contributed by atoms with Crippen LogP contribution < -0.4 is 5.73 Å².